The van der Waals surface area contributed by atoms with Crippen LogP contribution in [0.1, 0.15) is 11.4 Å². The second-order valence-corrected chi connectivity index (χ2v) is 3.12. The maximum Gasteiger partial charge on any atom is 0.329 e. The normalized spacial score (nSPS) is 10.1. The van der Waals surface area contributed by atoms with E-state index in [-0.39, 0.29) is 0 Å². The molecule has 0 aliphatic heterocycles. The first-order chi connectivity index (χ1) is 7.25. The average Bonchev–Trinajstić information content (AvgIpc) is 2.25. The van der Waals surface area contributed by atoms with Crippen molar-refractivity contribution < 1.29 is 0 Å². The lowest BCUT2D eigenvalue weighted by molar-refractivity contribution is 0.820. The molecule has 1 aromatic heterocycles. The Labute approximate surface area is 84.8 Å². The predicted octanol–water partition coefficient (Wildman–Crippen LogP) is 0.0490. The molecule has 0 unspecified atom stereocenters. The van der Waals surface area contributed by atoms with Gasteiger partial charge in [-0.05, 0) is 5.56 Å². The standard InChI is InChI=1S/C10H9N3O2/c14-9-10(15)13-12-8(11-9)6-7-4-2-1-3-5-7/h1-5H,6H2,(H,13,15)(H,11,12,14). The van der Waals surface area contributed by atoms with Crippen LogP contribution in [0, 0.1) is 0 Å². The van der Waals surface area contributed by atoms with Crippen LogP contribution in [0.15, 0.2) is 39.9 Å². The molecule has 0 spiro atoms. The first kappa shape index (κ1) is 9.39. The minimum absolute atomic E-state index is 0.450. The van der Waals surface area contributed by atoms with Gasteiger partial charge in [-0.15, -0.1) is 0 Å². The third-order valence-corrected chi connectivity index (χ3v) is 1.97. The van der Waals surface area contributed by atoms with Crippen molar-refractivity contribution in [3.05, 3.63) is 62.4 Å². The number of hydrogen-bond acceptors (Lipinski definition) is 3. The molecule has 0 fully saturated rings. The van der Waals surface area contributed by atoms with Crippen LogP contribution in [0.4, 0.5) is 0 Å². The molecule has 15 heavy (non-hydrogen) atoms. The van der Waals surface area contributed by atoms with E-state index in [1.54, 1.807) is 0 Å². The molecule has 5 nitrogen and oxygen atoms in total. The van der Waals surface area contributed by atoms with Gasteiger partial charge in [-0.1, -0.05) is 30.3 Å². The smallest absolute Gasteiger partial charge is 0.304 e. The lowest BCUT2D eigenvalue weighted by Crippen LogP contribution is -2.31. The number of nitrogens with zero attached hydrogens (tertiary/aromatic N) is 1. The van der Waals surface area contributed by atoms with Gasteiger partial charge in [0.05, 0.1) is 0 Å². The van der Waals surface area contributed by atoms with Gasteiger partial charge in [0.25, 0.3) is 0 Å². The molecule has 76 valence electrons. The van der Waals surface area contributed by atoms with E-state index < -0.39 is 11.1 Å². The highest BCUT2D eigenvalue weighted by Crippen LogP contribution is 2.02. The van der Waals surface area contributed by atoms with Crippen molar-refractivity contribution in [2.75, 3.05) is 0 Å². The van der Waals surface area contributed by atoms with E-state index in [9.17, 15) is 9.59 Å². The molecule has 0 amide bonds. The Kier molecular flexibility index (Phi) is 2.45. The van der Waals surface area contributed by atoms with E-state index >= 15 is 0 Å². The average molecular weight is 203 g/mol. The summed E-state index contributed by atoms with van der Waals surface area (Å²) < 4.78 is 0. The third-order valence-electron chi connectivity index (χ3n) is 1.97. The molecule has 5 heteroatoms. The molecule has 2 aromatic rings. The van der Waals surface area contributed by atoms with Gasteiger partial charge in [0, 0.05) is 6.42 Å². The molecule has 0 atom stereocenters. The largest absolute Gasteiger partial charge is 0.329 e. The van der Waals surface area contributed by atoms with Gasteiger partial charge in [-0.25, -0.2) is 5.10 Å². The van der Waals surface area contributed by atoms with E-state index in [0.29, 0.717) is 12.2 Å². The van der Waals surface area contributed by atoms with Crippen molar-refractivity contribution in [1.29, 1.82) is 0 Å². The Hall–Kier alpha value is -2.17. The SMILES string of the molecule is O=c1[nH]nc(Cc2ccccc2)[nH]c1=O. The van der Waals surface area contributed by atoms with E-state index in [4.69, 9.17) is 0 Å². The van der Waals surface area contributed by atoms with Crippen molar-refractivity contribution in [2.45, 2.75) is 6.42 Å². The number of H-pyrrole nitrogens is 2. The van der Waals surface area contributed by atoms with Gasteiger partial charge in [-0.2, -0.15) is 5.10 Å². The molecular weight excluding hydrogens is 194 g/mol. The predicted molar refractivity (Wildman–Crippen MR) is 54.7 cm³/mol. The van der Waals surface area contributed by atoms with Crippen LogP contribution in [0.25, 0.3) is 0 Å². The summed E-state index contributed by atoms with van der Waals surface area (Å²) in [6.07, 6.45) is 0.493. The van der Waals surface area contributed by atoms with E-state index in [2.05, 4.69) is 15.2 Å². The first-order valence-corrected chi connectivity index (χ1v) is 4.47. The summed E-state index contributed by atoms with van der Waals surface area (Å²) in [6, 6.07) is 9.56. The topological polar surface area (TPSA) is 78.6 Å². The van der Waals surface area contributed by atoms with Crippen molar-refractivity contribution in [3.8, 4) is 0 Å². The van der Waals surface area contributed by atoms with Gasteiger partial charge >= 0.3 is 11.1 Å². The van der Waals surface area contributed by atoms with Crippen molar-refractivity contribution in [1.82, 2.24) is 15.2 Å². The molecule has 0 saturated heterocycles. The zero-order valence-corrected chi connectivity index (χ0v) is 7.86. The summed E-state index contributed by atoms with van der Waals surface area (Å²) >= 11 is 0. The lowest BCUT2D eigenvalue weighted by atomic mass is 10.1. The van der Waals surface area contributed by atoms with E-state index in [1.807, 2.05) is 30.3 Å². The molecule has 0 aliphatic rings. The lowest BCUT2D eigenvalue weighted by Gasteiger charge is -1.98. The van der Waals surface area contributed by atoms with Gasteiger partial charge in [0.15, 0.2) is 0 Å². The first-order valence-electron chi connectivity index (χ1n) is 4.47. The number of aromatic amines is 2. The van der Waals surface area contributed by atoms with Crippen LogP contribution in [0.2, 0.25) is 0 Å². The summed E-state index contributed by atoms with van der Waals surface area (Å²) in [6.45, 7) is 0. The highest BCUT2D eigenvalue weighted by atomic mass is 16.2. The minimum Gasteiger partial charge on any atom is -0.304 e. The van der Waals surface area contributed by atoms with Crippen molar-refractivity contribution in [2.24, 2.45) is 0 Å². The van der Waals surface area contributed by atoms with Crippen LogP contribution < -0.4 is 11.1 Å². The number of nitrogens with one attached hydrogen (secondary N) is 2. The van der Waals surface area contributed by atoms with Gasteiger partial charge in [0.2, 0.25) is 0 Å². The molecule has 0 bridgehead atoms. The Morgan fingerprint density at radius 1 is 1.07 bits per heavy atom. The molecule has 1 aromatic carbocycles. The summed E-state index contributed by atoms with van der Waals surface area (Å²) in [5.41, 5.74) is -0.379. The van der Waals surface area contributed by atoms with Gasteiger partial charge in [0.1, 0.15) is 5.82 Å². The minimum atomic E-state index is -0.730. The fourth-order valence-electron chi connectivity index (χ4n) is 1.26. The Morgan fingerprint density at radius 3 is 2.47 bits per heavy atom. The molecule has 0 radical (unpaired) electrons. The Balaban J connectivity index is 2.30. The van der Waals surface area contributed by atoms with Crippen LogP contribution >= 0.6 is 0 Å². The number of rotatable bonds is 2. The number of hydrogen-bond donors (Lipinski definition) is 2. The van der Waals surface area contributed by atoms with Crippen LogP contribution in [0.3, 0.4) is 0 Å². The molecular formula is C10H9N3O2. The van der Waals surface area contributed by atoms with E-state index in [1.165, 1.54) is 0 Å². The maximum absolute atomic E-state index is 11.0. The third kappa shape index (κ3) is 2.19. The zero-order valence-electron chi connectivity index (χ0n) is 7.86. The van der Waals surface area contributed by atoms with Crippen molar-refractivity contribution in [3.63, 3.8) is 0 Å². The number of aromatic nitrogens is 3. The molecule has 0 saturated carbocycles. The fourth-order valence-corrected chi connectivity index (χ4v) is 1.26. The van der Waals surface area contributed by atoms with Crippen molar-refractivity contribution >= 4 is 0 Å². The zero-order chi connectivity index (χ0) is 10.7. The number of benzene rings is 1. The van der Waals surface area contributed by atoms with Crippen LogP contribution in [-0.2, 0) is 6.42 Å². The summed E-state index contributed by atoms with van der Waals surface area (Å²) in [7, 11) is 0. The maximum atomic E-state index is 11.0. The molecule has 2 rings (SSSR count). The quantitative estimate of drug-likeness (QED) is 0.677. The Morgan fingerprint density at radius 2 is 1.80 bits per heavy atom. The second kappa shape index (κ2) is 3.91. The summed E-state index contributed by atoms with van der Waals surface area (Å²) in [5.74, 6) is 0.450. The van der Waals surface area contributed by atoms with Crippen LogP contribution in [0.5, 0.6) is 0 Å². The van der Waals surface area contributed by atoms with Gasteiger partial charge < -0.3 is 4.98 Å². The molecule has 0 aliphatic carbocycles. The molecule has 2 N–H and O–H groups in total. The van der Waals surface area contributed by atoms with Gasteiger partial charge in [-0.3, -0.25) is 9.59 Å². The summed E-state index contributed by atoms with van der Waals surface area (Å²) in [5, 5.41) is 5.88. The van der Waals surface area contributed by atoms with E-state index in [0.717, 1.165) is 5.56 Å². The highest BCUT2D eigenvalue weighted by Gasteiger charge is 2.00. The Bertz CT molecular complexity index is 557. The highest BCUT2D eigenvalue weighted by molar-refractivity contribution is 5.18. The monoisotopic (exact) mass is 203 g/mol. The fraction of sp³-hybridized carbons (Fsp3) is 0.100. The molecule has 1 heterocycles. The van der Waals surface area contributed by atoms with Crippen LogP contribution in [-0.4, -0.2) is 15.2 Å². The summed E-state index contributed by atoms with van der Waals surface area (Å²) in [4.78, 5) is 24.2. The second-order valence-electron chi connectivity index (χ2n) is 3.12.